The number of rotatable bonds is 6. The highest BCUT2D eigenvalue weighted by Gasteiger charge is 2.18. The van der Waals surface area contributed by atoms with E-state index in [-0.39, 0.29) is 0 Å². The van der Waals surface area contributed by atoms with Crippen molar-refractivity contribution in [2.45, 2.75) is 25.3 Å². The maximum absolute atomic E-state index is 10.0. The summed E-state index contributed by atoms with van der Waals surface area (Å²) >= 11 is 0. The summed E-state index contributed by atoms with van der Waals surface area (Å²) < 4.78 is 5.41. The third kappa shape index (κ3) is 4.07. The molecule has 0 saturated carbocycles. The van der Waals surface area contributed by atoms with E-state index >= 15 is 0 Å². The van der Waals surface area contributed by atoms with Crippen LogP contribution in [0.1, 0.15) is 19.3 Å². The lowest BCUT2D eigenvalue weighted by Crippen LogP contribution is -2.38. The van der Waals surface area contributed by atoms with Crippen molar-refractivity contribution >= 4 is 6.41 Å². The van der Waals surface area contributed by atoms with Gasteiger partial charge in [0.2, 0.25) is 0 Å². The number of ether oxygens (including phenoxy) is 1. The second kappa shape index (κ2) is 6.79. The van der Waals surface area contributed by atoms with E-state index in [4.69, 9.17) is 4.74 Å². The van der Waals surface area contributed by atoms with Gasteiger partial charge in [0, 0.05) is 25.8 Å². The van der Waals surface area contributed by atoms with Crippen LogP contribution in [0.5, 0.6) is 0 Å². The van der Waals surface area contributed by atoms with Gasteiger partial charge >= 0.3 is 6.41 Å². The summed E-state index contributed by atoms with van der Waals surface area (Å²) in [5.74, 6) is 0.634. The summed E-state index contributed by atoms with van der Waals surface area (Å²) in [6.07, 6.45) is 5.16. The molecule has 0 aromatic heterocycles. The van der Waals surface area contributed by atoms with Gasteiger partial charge in [0.1, 0.15) is 0 Å². The van der Waals surface area contributed by atoms with Gasteiger partial charge in [-0.2, -0.15) is 0 Å². The average molecular weight is 199 g/mol. The topological polar surface area (TPSA) is 50.4 Å². The lowest BCUT2D eigenvalue weighted by atomic mass is 9.94. The first-order chi connectivity index (χ1) is 6.86. The maximum atomic E-state index is 10.0. The van der Waals surface area contributed by atoms with Crippen LogP contribution >= 0.6 is 0 Å². The Bertz CT molecular complexity index is 158. The van der Waals surface area contributed by atoms with Crippen LogP contribution in [0.15, 0.2) is 0 Å². The minimum Gasteiger partial charge on any atom is -0.381 e. The average Bonchev–Trinajstić information content (AvgIpc) is 2.25. The Morgan fingerprint density at radius 1 is 1.64 bits per heavy atom. The number of amides is 1. The molecule has 0 bridgehead atoms. The van der Waals surface area contributed by atoms with Crippen molar-refractivity contribution in [3.05, 3.63) is 0 Å². The summed E-state index contributed by atoms with van der Waals surface area (Å²) in [4.78, 5) is 10.0. The van der Waals surface area contributed by atoms with E-state index in [9.17, 15) is 4.79 Å². The quantitative estimate of drug-likeness (QED) is 0.594. The van der Waals surface area contributed by atoms with Crippen LogP contribution < -0.4 is 10.6 Å². The summed E-state index contributed by atoms with van der Waals surface area (Å²) in [5, 5.41) is 5.77. The molecule has 0 aromatic rings. The van der Waals surface area contributed by atoms with Gasteiger partial charge in [-0.15, -0.1) is 0 Å². The van der Waals surface area contributed by atoms with E-state index < -0.39 is 0 Å². The van der Waals surface area contributed by atoms with Gasteiger partial charge in [-0.05, 0) is 32.2 Å². The minimum absolute atomic E-state index is 0.336. The lowest BCUT2D eigenvalue weighted by molar-refractivity contribution is 0.0480. The monoisotopic (exact) mass is 199 g/mol. The third-order valence-corrected chi connectivity index (χ3v) is 2.70. The highest BCUT2D eigenvalue weighted by atomic mass is 16.5. The molecule has 4 nitrogen and oxygen atoms in total. The van der Waals surface area contributed by atoms with Crippen molar-refractivity contribution in [1.29, 1.82) is 0 Å². The molecule has 1 aliphatic heterocycles. The Balaban J connectivity index is 2.19. The molecular formula is C10H19N2O2. The molecule has 0 aliphatic carbocycles. The third-order valence-electron chi connectivity index (χ3n) is 2.70. The van der Waals surface area contributed by atoms with Crippen LogP contribution in [-0.4, -0.2) is 39.3 Å². The highest BCUT2D eigenvalue weighted by molar-refractivity contribution is 5.46. The van der Waals surface area contributed by atoms with Gasteiger partial charge in [-0.3, -0.25) is 4.79 Å². The fraction of sp³-hybridized carbons (Fsp3) is 0.900. The van der Waals surface area contributed by atoms with Crippen molar-refractivity contribution in [3.63, 3.8) is 0 Å². The molecule has 1 heterocycles. The maximum Gasteiger partial charge on any atom is 0.309 e. The number of hydrogen-bond donors (Lipinski definition) is 2. The number of nitrogens with one attached hydrogen (secondary N) is 2. The Kier molecular flexibility index (Phi) is 5.56. The van der Waals surface area contributed by atoms with Crippen LogP contribution in [0.25, 0.3) is 0 Å². The molecule has 1 unspecified atom stereocenters. The van der Waals surface area contributed by atoms with Crippen LogP contribution in [0, 0.1) is 5.92 Å². The second-order valence-electron chi connectivity index (χ2n) is 3.79. The van der Waals surface area contributed by atoms with Crippen molar-refractivity contribution in [1.82, 2.24) is 10.6 Å². The molecule has 81 valence electrons. The van der Waals surface area contributed by atoms with E-state index in [2.05, 4.69) is 10.6 Å². The molecule has 14 heavy (non-hydrogen) atoms. The zero-order valence-electron chi connectivity index (χ0n) is 8.71. The predicted molar refractivity (Wildman–Crippen MR) is 54.7 cm³/mol. The van der Waals surface area contributed by atoms with Gasteiger partial charge in [-0.25, -0.2) is 0 Å². The molecule has 1 fully saturated rings. The fourth-order valence-electron chi connectivity index (χ4n) is 1.86. The standard InChI is InChI=1S/C10H19N2O2/c1-11-10(6-12-8-13)5-9-3-2-4-14-7-9/h9-11H,2-7H2,1H3,(H,12,13)/t9?,10-/m0/s1. The first-order valence-corrected chi connectivity index (χ1v) is 5.21. The first-order valence-electron chi connectivity index (χ1n) is 5.21. The Morgan fingerprint density at radius 3 is 3.07 bits per heavy atom. The number of likely N-dealkylation sites (N-methyl/N-ethyl adjacent to an activating group) is 1. The Labute approximate surface area is 85.4 Å². The zero-order chi connectivity index (χ0) is 10.2. The van der Waals surface area contributed by atoms with E-state index in [0.717, 1.165) is 26.1 Å². The van der Waals surface area contributed by atoms with Crippen LogP contribution in [-0.2, 0) is 9.53 Å². The summed E-state index contributed by atoms with van der Waals surface area (Å²) in [6, 6.07) is 0.336. The van der Waals surface area contributed by atoms with E-state index in [1.165, 1.54) is 6.42 Å². The Hall–Kier alpha value is -0.610. The molecule has 1 aliphatic rings. The first kappa shape index (κ1) is 11.5. The SMILES string of the molecule is CN[C@H](CN[C]=O)CC1CCCOC1. The van der Waals surface area contributed by atoms with Crippen LogP contribution in [0.3, 0.4) is 0 Å². The van der Waals surface area contributed by atoms with Gasteiger partial charge in [-0.1, -0.05) is 0 Å². The summed E-state index contributed by atoms with van der Waals surface area (Å²) in [5.41, 5.74) is 0. The molecule has 1 amide bonds. The normalized spacial score (nSPS) is 24.2. The van der Waals surface area contributed by atoms with Gasteiger partial charge < -0.3 is 15.4 Å². The smallest absolute Gasteiger partial charge is 0.309 e. The molecule has 1 radical (unpaired) electrons. The molecule has 0 spiro atoms. The predicted octanol–water partition coefficient (Wildman–Crippen LogP) is 0.0479. The van der Waals surface area contributed by atoms with Gasteiger partial charge in [0.25, 0.3) is 0 Å². The molecule has 0 aromatic carbocycles. The van der Waals surface area contributed by atoms with Crippen molar-refractivity contribution < 1.29 is 9.53 Å². The number of hydrogen-bond acceptors (Lipinski definition) is 3. The van der Waals surface area contributed by atoms with Crippen LogP contribution in [0.2, 0.25) is 0 Å². The fourth-order valence-corrected chi connectivity index (χ4v) is 1.86. The highest BCUT2D eigenvalue weighted by Crippen LogP contribution is 2.18. The molecule has 2 N–H and O–H groups in total. The van der Waals surface area contributed by atoms with E-state index in [1.807, 2.05) is 7.05 Å². The molecule has 4 heteroatoms. The zero-order valence-corrected chi connectivity index (χ0v) is 8.71. The summed E-state index contributed by atoms with van der Waals surface area (Å²) in [6.45, 7) is 2.42. The van der Waals surface area contributed by atoms with Crippen molar-refractivity contribution in [2.24, 2.45) is 5.92 Å². The summed E-state index contributed by atoms with van der Waals surface area (Å²) in [7, 11) is 1.92. The second-order valence-corrected chi connectivity index (χ2v) is 3.79. The van der Waals surface area contributed by atoms with E-state index in [1.54, 1.807) is 6.41 Å². The largest absolute Gasteiger partial charge is 0.381 e. The number of carbonyl (C=O) groups excluding carboxylic acids is 1. The van der Waals surface area contributed by atoms with Gasteiger partial charge in [0.05, 0.1) is 0 Å². The minimum atomic E-state index is 0.336. The van der Waals surface area contributed by atoms with Crippen molar-refractivity contribution in [2.75, 3.05) is 26.8 Å². The molecular weight excluding hydrogens is 180 g/mol. The van der Waals surface area contributed by atoms with Gasteiger partial charge in [0.15, 0.2) is 0 Å². The van der Waals surface area contributed by atoms with Crippen molar-refractivity contribution in [3.8, 4) is 0 Å². The Morgan fingerprint density at radius 2 is 2.50 bits per heavy atom. The molecule has 1 saturated heterocycles. The van der Waals surface area contributed by atoms with E-state index in [0.29, 0.717) is 18.5 Å². The lowest BCUT2D eigenvalue weighted by Gasteiger charge is -2.26. The van der Waals surface area contributed by atoms with Crippen LogP contribution in [0.4, 0.5) is 0 Å². The molecule has 2 atom stereocenters. The molecule has 1 rings (SSSR count).